The van der Waals surface area contributed by atoms with Gasteiger partial charge < -0.3 is 24.2 Å². The van der Waals surface area contributed by atoms with Crippen molar-refractivity contribution in [1.82, 2.24) is 0 Å². The Bertz CT molecular complexity index is 7140. The van der Waals surface area contributed by atoms with Gasteiger partial charge in [0, 0.05) is 83.2 Å². The molecule has 638 valence electrons. The number of rotatable bonds is 17. The Morgan fingerprint density at radius 1 is 0.195 bits per heavy atom. The van der Waals surface area contributed by atoms with Gasteiger partial charge in [-0.15, -0.1) is 0 Å². The molecule has 3 heterocycles. The van der Waals surface area contributed by atoms with Crippen LogP contribution < -0.4 is 44.9 Å². The second kappa shape index (κ2) is 37.0. The zero-order valence-electron chi connectivity index (χ0n) is 74.6. The number of anilines is 9. The van der Waals surface area contributed by atoms with Crippen LogP contribution in [-0.2, 0) is 5.41 Å². The lowest BCUT2D eigenvalue weighted by Gasteiger charge is -2.42. The molecule has 0 saturated carbocycles. The maximum absolute atomic E-state index is 6.91. The van der Waals surface area contributed by atoms with Crippen LogP contribution in [0.5, 0.6) is 23.0 Å². The van der Waals surface area contributed by atoms with Crippen molar-refractivity contribution in [3.05, 3.63) is 538 Å². The molecular weight excluding hydrogens is 1660 g/mol. The number of hydrogen-bond donors (Lipinski definition) is 0. The number of fused-ring (bicyclic) bond motifs is 6. The summed E-state index contributed by atoms with van der Waals surface area (Å²) in [6.45, 7) is 9.80. The molecule has 5 nitrogen and oxygen atoms in total. The lowest BCUT2D eigenvalue weighted by atomic mass is 9.63. The first-order valence-corrected chi connectivity index (χ1v) is 52.5. The third-order valence-corrected chi connectivity index (χ3v) is 34.9. The number of para-hydroxylation sites is 7. The molecule has 0 spiro atoms. The zero-order chi connectivity index (χ0) is 89.7. The third-order valence-electron chi connectivity index (χ3n) is 26.3. The third kappa shape index (κ3) is 16.5. The monoisotopic (exact) mass is 1760 g/mol. The predicted octanol–water partition coefficient (Wildman–Crippen LogP) is 32.2. The molecule has 0 aliphatic carbocycles. The number of nitrogens with zero attached hydrogens (tertiary/aromatic N) is 3. The summed E-state index contributed by atoms with van der Waals surface area (Å²) in [7, 11) is -3.65. The van der Waals surface area contributed by atoms with Crippen LogP contribution in [0, 0.1) is 0 Å². The summed E-state index contributed by atoms with van der Waals surface area (Å²) >= 11 is 1.93. The van der Waals surface area contributed by atoms with Crippen molar-refractivity contribution in [2.75, 3.05) is 14.7 Å². The summed E-state index contributed by atoms with van der Waals surface area (Å²) < 4.78 is 13.5. The smallest absolute Gasteiger partial charge is 0.140 e. The van der Waals surface area contributed by atoms with Gasteiger partial charge in [0.2, 0.25) is 0 Å². The average Bonchev–Trinajstić information content (AvgIpc) is 0.699. The van der Waals surface area contributed by atoms with E-state index in [4.69, 9.17) is 9.47 Å². The molecule has 8 heteroatoms. The first-order chi connectivity index (χ1) is 65.5. The lowest BCUT2D eigenvalue weighted by Crippen LogP contribution is -2.56. The lowest BCUT2D eigenvalue weighted by molar-refractivity contribution is 0.436. The summed E-state index contributed by atoms with van der Waals surface area (Å²) in [5.74, 6) is 3.76. The topological polar surface area (TPSA) is 28.2 Å². The maximum Gasteiger partial charge on any atom is 0.140 e. The molecule has 20 aromatic carbocycles. The highest BCUT2D eigenvalue weighted by molar-refractivity contribution is 8.00. The highest BCUT2D eigenvalue weighted by Crippen LogP contribution is 2.58. The van der Waals surface area contributed by atoms with Gasteiger partial charge in [-0.05, 0) is 215 Å². The Kier molecular flexibility index (Phi) is 23.4. The minimum atomic E-state index is -1.88. The minimum absolute atomic E-state index is 0.557. The van der Waals surface area contributed by atoms with E-state index < -0.39 is 21.6 Å². The van der Waals surface area contributed by atoms with Crippen molar-refractivity contribution in [1.29, 1.82) is 0 Å². The van der Waals surface area contributed by atoms with Crippen LogP contribution in [0.4, 0.5) is 51.2 Å². The molecule has 3 aliphatic heterocycles. The van der Waals surface area contributed by atoms with E-state index in [9.17, 15) is 0 Å². The number of ether oxygens (including phenoxy) is 2. The molecule has 20 aromatic rings. The van der Waals surface area contributed by atoms with Crippen LogP contribution in [0.3, 0.4) is 0 Å². The molecule has 0 atom stereocenters. The van der Waals surface area contributed by atoms with Gasteiger partial charge in [0.15, 0.2) is 0 Å². The van der Waals surface area contributed by atoms with E-state index in [1.165, 1.54) is 81.0 Å². The van der Waals surface area contributed by atoms with E-state index in [2.05, 4.69) is 557 Å². The Morgan fingerprint density at radius 3 is 0.887 bits per heavy atom. The minimum Gasteiger partial charge on any atom is -0.457 e. The average molecular weight is 1760 g/mol. The summed E-state index contributed by atoms with van der Waals surface area (Å²) in [6.07, 6.45) is 0. The van der Waals surface area contributed by atoms with Crippen molar-refractivity contribution in [2.24, 2.45) is 0 Å². The van der Waals surface area contributed by atoms with Gasteiger partial charge in [-0.2, -0.15) is 0 Å². The SMILES string of the molecule is C[Si]1(C)c2ccccc2Oc2c(-c3ccc(N(c4ccccc4)c4ccc(-c5ccccc5)cc4)cc3)cccc21.C[Si]1(C)c2ccccc2Sc2c(-c3ccc(N(c4ccccc4)c4ccc(-c5ccccc5)cc4)cc3)cccc21.c1ccc(-c2ccc(N(c3ccccc3)c3ccc(-c4cccc5c4Oc4ccccc4C5(c4ccccc4)c4ccccc4)cc3)cc2)cc1. The van der Waals surface area contributed by atoms with Crippen LogP contribution in [-0.4, -0.2) is 16.1 Å². The number of benzene rings is 20. The molecule has 3 aliphatic rings. The molecule has 133 heavy (non-hydrogen) atoms. The molecule has 0 aromatic heterocycles. The van der Waals surface area contributed by atoms with Gasteiger partial charge in [0.1, 0.15) is 39.1 Å². The van der Waals surface area contributed by atoms with Crippen LogP contribution >= 0.6 is 11.8 Å². The van der Waals surface area contributed by atoms with Crippen LogP contribution in [0.15, 0.2) is 525 Å². The van der Waals surface area contributed by atoms with E-state index in [1.54, 1.807) is 5.19 Å². The highest BCUT2D eigenvalue weighted by Gasteiger charge is 2.46. The van der Waals surface area contributed by atoms with E-state index in [-0.39, 0.29) is 0 Å². The molecule has 0 saturated heterocycles. The standard InChI is InChI=1S/C49H35NO.C38H31NOSi.C38H31NSSi/c1-5-16-36(17-6-1)37-28-32-42(33-29-37)50(41-22-11-4-12-23-41)43-34-30-38(31-35-43)44-24-15-26-46-48(44)51-47-27-14-13-25-45(47)49(46,39-18-7-2-8-19-39)40-20-9-3-10-21-40;2*1-41(2)36-18-10-9-17-35(36)40-38-34(16-11-19-37(38)41)30-22-26-33(27-23-30)39(31-14-7-4-8-15-31)32-24-20-29(21-25-32)28-12-5-3-6-13-28/h1-35H;2*3-27H,1-2H3. The van der Waals surface area contributed by atoms with Gasteiger partial charge in [0.25, 0.3) is 0 Å². The quantitative estimate of drug-likeness (QED) is 0.0844. The second-order valence-corrected chi connectivity index (χ2v) is 44.7. The summed E-state index contributed by atoms with van der Waals surface area (Å²) in [6, 6.07) is 184. The fourth-order valence-electron chi connectivity index (χ4n) is 19.6. The van der Waals surface area contributed by atoms with Gasteiger partial charge in [0.05, 0.1) is 5.41 Å². The van der Waals surface area contributed by atoms with E-state index >= 15 is 0 Å². The molecular formula is C125H97N3O2SSi2. The fraction of sp³-hybridized carbons (Fsp3) is 0.0400. The van der Waals surface area contributed by atoms with Crippen LogP contribution in [0.2, 0.25) is 26.2 Å². The van der Waals surface area contributed by atoms with Gasteiger partial charge in [-0.3, -0.25) is 0 Å². The van der Waals surface area contributed by atoms with Gasteiger partial charge in [-0.1, -0.05) is 426 Å². The Hall–Kier alpha value is -15.8. The Labute approximate surface area is 787 Å². The van der Waals surface area contributed by atoms with Crippen molar-refractivity contribution in [3.63, 3.8) is 0 Å². The first-order valence-electron chi connectivity index (χ1n) is 45.7. The summed E-state index contributed by atoms with van der Waals surface area (Å²) in [5, 5.41) is 5.79. The second-order valence-electron chi connectivity index (χ2n) is 35.0. The molecule has 0 fully saturated rings. The summed E-state index contributed by atoms with van der Waals surface area (Å²) in [4.78, 5) is 9.78. The van der Waals surface area contributed by atoms with Crippen molar-refractivity contribution >= 4 is 99.8 Å². The van der Waals surface area contributed by atoms with E-state index in [1.807, 2.05) is 11.8 Å². The first kappa shape index (κ1) is 84.1. The van der Waals surface area contributed by atoms with Gasteiger partial charge >= 0.3 is 0 Å². The van der Waals surface area contributed by atoms with Crippen molar-refractivity contribution in [2.45, 2.75) is 41.4 Å². The highest BCUT2D eigenvalue weighted by atomic mass is 32.2. The fourth-order valence-corrected chi connectivity index (χ4v) is 28.0. The molecule has 0 radical (unpaired) electrons. The molecule has 23 rings (SSSR count). The molecule has 0 bridgehead atoms. The summed E-state index contributed by atoms with van der Waals surface area (Å²) in [5.41, 5.74) is 28.5. The molecule has 0 unspecified atom stereocenters. The Morgan fingerprint density at radius 2 is 0.466 bits per heavy atom. The molecule has 0 N–H and O–H groups in total. The van der Waals surface area contributed by atoms with Crippen LogP contribution in [0.1, 0.15) is 22.3 Å². The maximum atomic E-state index is 6.91. The normalized spacial score (nSPS) is 12.9. The van der Waals surface area contributed by atoms with Crippen molar-refractivity contribution in [3.8, 4) is 89.8 Å². The van der Waals surface area contributed by atoms with E-state index in [0.717, 1.165) is 108 Å². The predicted molar refractivity (Wildman–Crippen MR) is 565 cm³/mol. The number of hydrogen-bond acceptors (Lipinski definition) is 6. The molecule has 0 amide bonds. The largest absolute Gasteiger partial charge is 0.457 e. The van der Waals surface area contributed by atoms with Gasteiger partial charge in [-0.25, -0.2) is 0 Å². The Balaban J connectivity index is 0.000000121. The van der Waals surface area contributed by atoms with Crippen LogP contribution in [0.25, 0.3) is 66.8 Å². The van der Waals surface area contributed by atoms with Crippen molar-refractivity contribution < 1.29 is 9.47 Å². The zero-order valence-corrected chi connectivity index (χ0v) is 77.5. The van der Waals surface area contributed by atoms with E-state index in [0.29, 0.717) is 0 Å².